The molecule has 21 heavy (non-hydrogen) atoms. The van der Waals surface area contributed by atoms with E-state index in [0.29, 0.717) is 18.6 Å². The maximum atomic E-state index is 5.30. The average Bonchev–Trinajstić information content (AvgIpc) is 2.77. The van der Waals surface area contributed by atoms with E-state index in [-0.39, 0.29) is 5.54 Å². The van der Waals surface area contributed by atoms with Crippen LogP contribution in [0.3, 0.4) is 0 Å². The molecule has 1 rings (SSSR count). The van der Waals surface area contributed by atoms with Crippen LogP contribution in [0.2, 0.25) is 0 Å². The molecule has 0 aromatic carbocycles. The largest absolute Gasteiger partial charge is 0.378 e. The first kappa shape index (κ1) is 18.4. The molecule has 122 valence electrons. The zero-order valence-electron chi connectivity index (χ0n) is 14.8. The molecule has 0 radical (unpaired) electrons. The van der Waals surface area contributed by atoms with Gasteiger partial charge in [0.05, 0.1) is 12.3 Å². The van der Waals surface area contributed by atoms with Crippen molar-refractivity contribution >= 4 is 16.5 Å². The van der Waals surface area contributed by atoms with Gasteiger partial charge in [0.2, 0.25) is 0 Å². The lowest BCUT2D eigenvalue weighted by atomic mass is 10.1. The highest BCUT2D eigenvalue weighted by Crippen LogP contribution is 2.29. The molecule has 0 saturated heterocycles. The second-order valence-electron chi connectivity index (χ2n) is 7.00. The van der Waals surface area contributed by atoms with Crippen LogP contribution in [0.25, 0.3) is 0 Å². The molecule has 1 unspecified atom stereocenters. The van der Waals surface area contributed by atoms with Crippen molar-refractivity contribution in [3.63, 3.8) is 0 Å². The second kappa shape index (κ2) is 7.56. The van der Waals surface area contributed by atoms with Crippen LogP contribution in [0.5, 0.6) is 0 Å². The van der Waals surface area contributed by atoms with Gasteiger partial charge in [-0.25, -0.2) is 4.98 Å². The van der Waals surface area contributed by atoms with Gasteiger partial charge in [-0.3, -0.25) is 0 Å². The Morgan fingerprint density at radius 3 is 2.38 bits per heavy atom. The van der Waals surface area contributed by atoms with E-state index in [9.17, 15) is 0 Å². The van der Waals surface area contributed by atoms with Gasteiger partial charge in [-0.15, -0.1) is 11.3 Å². The Balaban J connectivity index is 2.92. The fourth-order valence-electron chi connectivity index (χ4n) is 1.88. The Morgan fingerprint density at radius 2 is 1.90 bits per heavy atom. The van der Waals surface area contributed by atoms with Gasteiger partial charge in [0.15, 0.2) is 5.13 Å². The molecular weight excluding hydrogens is 282 g/mol. The van der Waals surface area contributed by atoms with Crippen molar-refractivity contribution in [1.29, 1.82) is 0 Å². The molecule has 1 aromatic rings. The van der Waals surface area contributed by atoms with E-state index < -0.39 is 0 Å². The van der Waals surface area contributed by atoms with E-state index in [2.05, 4.69) is 58.8 Å². The Kier molecular flexibility index (Phi) is 6.63. The molecule has 1 atom stereocenters. The summed E-state index contributed by atoms with van der Waals surface area (Å²) in [6, 6.07) is 0.468. The van der Waals surface area contributed by atoms with Gasteiger partial charge >= 0.3 is 0 Å². The average molecular weight is 314 g/mol. The standard InChI is InChI=1S/C16H31N3OS/c1-11(2)12(3)19(7)15-18-13(10-20-8)14(21-15)9-17-16(4,5)6/h11-12,17H,9-10H2,1-8H3. The summed E-state index contributed by atoms with van der Waals surface area (Å²) in [7, 11) is 3.85. The summed E-state index contributed by atoms with van der Waals surface area (Å²) in [6.07, 6.45) is 0. The van der Waals surface area contributed by atoms with Crippen LogP contribution in [0.1, 0.15) is 52.1 Å². The fourth-order valence-corrected chi connectivity index (χ4v) is 2.93. The summed E-state index contributed by atoms with van der Waals surface area (Å²) in [5, 5.41) is 4.62. The van der Waals surface area contributed by atoms with Gasteiger partial charge in [0, 0.05) is 37.2 Å². The van der Waals surface area contributed by atoms with Crippen LogP contribution in [0.4, 0.5) is 5.13 Å². The van der Waals surface area contributed by atoms with Crippen LogP contribution < -0.4 is 10.2 Å². The smallest absolute Gasteiger partial charge is 0.185 e. The highest BCUT2D eigenvalue weighted by Gasteiger charge is 2.20. The zero-order valence-corrected chi connectivity index (χ0v) is 15.6. The van der Waals surface area contributed by atoms with E-state index in [1.165, 1.54) is 4.88 Å². The fraction of sp³-hybridized carbons (Fsp3) is 0.812. The van der Waals surface area contributed by atoms with Crippen molar-refractivity contribution in [2.24, 2.45) is 5.92 Å². The number of thiazole rings is 1. The monoisotopic (exact) mass is 313 g/mol. The number of hydrogen-bond acceptors (Lipinski definition) is 5. The van der Waals surface area contributed by atoms with E-state index in [0.717, 1.165) is 17.4 Å². The summed E-state index contributed by atoms with van der Waals surface area (Å²) >= 11 is 1.77. The van der Waals surface area contributed by atoms with Crippen molar-refractivity contribution in [2.75, 3.05) is 19.1 Å². The highest BCUT2D eigenvalue weighted by atomic mass is 32.1. The predicted octanol–water partition coefficient (Wildman–Crippen LogP) is 3.66. The van der Waals surface area contributed by atoms with Crippen LogP contribution >= 0.6 is 11.3 Å². The van der Waals surface area contributed by atoms with Gasteiger partial charge in [-0.2, -0.15) is 0 Å². The van der Waals surface area contributed by atoms with Gasteiger partial charge in [0.25, 0.3) is 0 Å². The third-order valence-electron chi connectivity index (χ3n) is 3.70. The van der Waals surface area contributed by atoms with E-state index in [4.69, 9.17) is 9.72 Å². The van der Waals surface area contributed by atoms with Gasteiger partial charge in [0.1, 0.15) is 0 Å². The topological polar surface area (TPSA) is 37.4 Å². The molecule has 4 nitrogen and oxygen atoms in total. The molecule has 0 aliphatic rings. The Bertz CT molecular complexity index is 437. The summed E-state index contributed by atoms with van der Waals surface area (Å²) in [4.78, 5) is 8.32. The molecule has 0 aliphatic heterocycles. The minimum absolute atomic E-state index is 0.103. The molecule has 1 heterocycles. The normalized spacial score (nSPS) is 13.8. The maximum Gasteiger partial charge on any atom is 0.185 e. The first-order valence-electron chi connectivity index (χ1n) is 7.61. The number of methoxy groups -OCH3 is 1. The molecule has 0 fully saturated rings. The predicted molar refractivity (Wildman–Crippen MR) is 92.1 cm³/mol. The molecule has 0 aliphatic carbocycles. The first-order chi connectivity index (χ1) is 9.65. The number of rotatable bonds is 7. The minimum atomic E-state index is 0.103. The third kappa shape index (κ3) is 5.57. The Labute approximate surface area is 133 Å². The summed E-state index contributed by atoms with van der Waals surface area (Å²) in [5.41, 5.74) is 1.16. The number of nitrogens with zero attached hydrogens (tertiary/aromatic N) is 2. The second-order valence-corrected chi connectivity index (χ2v) is 8.06. The van der Waals surface area contributed by atoms with Crippen molar-refractivity contribution in [1.82, 2.24) is 10.3 Å². The number of ether oxygens (including phenoxy) is 1. The minimum Gasteiger partial charge on any atom is -0.378 e. The van der Waals surface area contributed by atoms with Crippen molar-refractivity contribution < 1.29 is 4.74 Å². The molecule has 1 aromatic heterocycles. The number of aromatic nitrogens is 1. The summed E-state index contributed by atoms with van der Waals surface area (Å²) in [5.74, 6) is 0.598. The first-order valence-corrected chi connectivity index (χ1v) is 8.42. The number of anilines is 1. The molecule has 1 N–H and O–H groups in total. The van der Waals surface area contributed by atoms with E-state index in [1.807, 2.05) is 0 Å². The molecule has 0 bridgehead atoms. The van der Waals surface area contributed by atoms with Crippen LogP contribution in [-0.2, 0) is 17.9 Å². The lowest BCUT2D eigenvalue weighted by Crippen LogP contribution is -2.35. The van der Waals surface area contributed by atoms with Crippen molar-refractivity contribution in [3.05, 3.63) is 10.6 Å². The third-order valence-corrected chi connectivity index (χ3v) is 4.89. The van der Waals surface area contributed by atoms with Gasteiger partial charge < -0.3 is 15.0 Å². The van der Waals surface area contributed by atoms with Crippen molar-refractivity contribution in [3.8, 4) is 0 Å². The molecule has 5 heteroatoms. The van der Waals surface area contributed by atoms with Gasteiger partial charge in [-0.05, 0) is 33.6 Å². The summed E-state index contributed by atoms with van der Waals surface area (Å²) < 4.78 is 5.30. The van der Waals surface area contributed by atoms with E-state index >= 15 is 0 Å². The molecule has 0 spiro atoms. The molecule has 0 saturated carbocycles. The quantitative estimate of drug-likeness (QED) is 0.833. The zero-order chi connectivity index (χ0) is 16.2. The number of nitrogens with one attached hydrogen (secondary N) is 1. The SMILES string of the molecule is COCc1nc(N(C)C(C)C(C)C)sc1CNC(C)(C)C. The lowest BCUT2D eigenvalue weighted by Gasteiger charge is -2.27. The lowest BCUT2D eigenvalue weighted by molar-refractivity contribution is 0.181. The van der Waals surface area contributed by atoms with Crippen LogP contribution in [-0.4, -0.2) is 30.7 Å². The number of hydrogen-bond donors (Lipinski definition) is 1. The summed E-state index contributed by atoms with van der Waals surface area (Å²) in [6.45, 7) is 14.7. The van der Waals surface area contributed by atoms with Crippen LogP contribution in [0, 0.1) is 5.92 Å². The maximum absolute atomic E-state index is 5.30. The molecular formula is C16H31N3OS. The Hall–Kier alpha value is -0.650. The highest BCUT2D eigenvalue weighted by molar-refractivity contribution is 7.15. The van der Waals surface area contributed by atoms with Crippen LogP contribution in [0.15, 0.2) is 0 Å². The Morgan fingerprint density at radius 1 is 1.29 bits per heavy atom. The van der Waals surface area contributed by atoms with E-state index in [1.54, 1.807) is 18.4 Å². The van der Waals surface area contributed by atoms with Gasteiger partial charge in [-0.1, -0.05) is 13.8 Å². The molecule has 0 amide bonds. The van der Waals surface area contributed by atoms with Crippen molar-refractivity contribution in [2.45, 2.75) is 66.3 Å².